The van der Waals surface area contributed by atoms with E-state index in [-0.39, 0.29) is 5.60 Å². The summed E-state index contributed by atoms with van der Waals surface area (Å²) in [6.07, 6.45) is 1.99. The fraction of sp³-hybridized carbons (Fsp3) is 0.800. The van der Waals surface area contributed by atoms with Crippen LogP contribution in [0.4, 0.5) is 0 Å². The number of aromatic nitrogens is 1. The Labute approximate surface area is 121 Å². The summed E-state index contributed by atoms with van der Waals surface area (Å²) in [5.41, 5.74) is 0.994. The van der Waals surface area contributed by atoms with E-state index in [1.54, 1.807) is 18.4 Å². The Morgan fingerprint density at radius 1 is 1.37 bits per heavy atom. The topological polar surface area (TPSA) is 34.1 Å². The highest BCUT2D eigenvalue weighted by Gasteiger charge is 2.29. The van der Waals surface area contributed by atoms with Crippen molar-refractivity contribution in [3.8, 4) is 0 Å². The molecule has 0 aliphatic carbocycles. The molecule has 4 heteroatoms. The number of nitrogens with zero attached hydrogens (tertiary/aromatic N) is 1. The fourth-order valence-corrected chi connectivity index (χ4v) is 3.17. The third kappa shape index (κ3) is 4.26. The summed E-state index contributed by atoms with van der Waals surface area (Å²) in [4.78, 5) is 6.23. The number of methoxy groups -OCH3 is 1. The summed E-state index contributed by atoms with van der Waals surface area (Å²) in [6.45, 7) is 12.8. The summed E-state index contributed by atoms with van der Waals surface area (Å²) in [6, 6.07) is 0. The van der Waals surface area contributed by atoms with Gasteiger partial charge in [0.15, 0.2) is 0 Å². The zero-order valence-electron chi connectivity index (χ0n) is 13.2. The fourth-order valence-electron chi connectivity index (χ4n) is 1.92. The predicted octanol–water partition coefficient (Wildman–Crippen LogP) is 3.72. The van der Waals surface area contributed by atoms with Crippen LogP contribution in [-0.2, 0) is 23.3 Å². The van der Waals surface area contributed by atoms with Crippen molar-refractivity contribution in [3.63, 3.8) is 0 Å². The Morgan fingerprint density at radius 3 is 2.53 bits per heavy atom. The molecule has 1 unspecified atom stereocenters. The molecule has 1 rings (SSSR count). The average Bonchev–Trinajstić information content (AvgIpc) is 2.78. The summed E-state index contributed by atoms with van der Waals surface area (Å²) in [5.74, 6) is 0.630. The third-order valence-corrected chi connectivity index (χ3v) is 4.84. The molecule has 0 radical (unpaired) electrons. The van der Waals surface area contributed by atoms with Gasteiger partial charge in [-0.15, -0.1) is 11.3 Å². The van der Waals surface area contributed by atoms with E-state index in [1.165, 1.54) is 10.6 Å². The lowest BCUT2D eigenvalue weighted by Gasteiger charge is -2.23. The Morgan fingerprint density at radius 2 is 2.05 bits per heavy atom. The Hall–Kier alpha value is -0.450. The van der Waals surface area contributed by atoms with Crippen LogP contribution in [0.2, 0.25) is 0 Å². The maximum absolute atomic E-state index is 5.68. The monoisotopic (exact) mass is 284 g/mol. The SMILES string of the molecule is CCNCc1sc(C(C)(CC)OC)nc1CC(C)C. The van der Waals surface area contributed by atoms with Gasteiger partial charge in [0.25, 0.3) is 0 Å². The molecule has 0 bridgehead atoms. The highest BCUT2D eigenvalue weighted by molar-refractivity contribution is 7.11. The molecule has 19 heavy (non-hydrogen) atoms. The smallest absolute Gasteiger partial charge is 0.125 e. The Kier molecular flexibility index (Phi) is 6.43. The molecule has 0 spiro atoms. The Bertz CT molecular complexity index is 383. The highest BCUT2D eigenvalue weighted by atomic mass is 32.1. The van der Waals surface area contributed by atoms with Crippen molar-refractivity contribution >= 4 is 11.3 Å². The number of hydrogen-bond acceptors (Lipinski definition) is 4. The van der Waals surface area contributed by atoms with Crippen LogP contribution in [0.15, 0.2) is 0 Å². The van der Waals surface area contributed by atoms with E-state index < -0.39 is 0 Å². The van der Waals surface area contributed by atoms with Gasteiger partial charge in [-0.1, -0.05) is 27.7 Å². The molecule has 1 N–H and O–H groups in total. The van der Waals surface area contributed by atoms with Crippen LogP contribution in [-0.4, -0.2) is 18.6 Å². The molecule has 0 aliphatic heterocycles. The number of ether oxygens (including phenoxy) is 1. The van der Waals surface area contributed by atoms with Gasteiger partial charge in [0.1, 0.15) is 10.6 Å². The number of nitrogens with one attached hydrogen (secondary N) is 1. The molecule has 3 nitrogen and oxygen atoms in total. The Balaban J connectivity index is 3.04. The van der Waals surface area contributed by atoms with Crippen molar-refractivity contribution in [3.05, 3.63) is 15.6 Å². The third-order valence-electron chi connectivity index (χ3n) is 3.49. The van der Waals surface area contributed by atoms with Gasteiger partial charge in [-0.2, -0.15) is 0 Å². The van der Waals surface area contributed by atoms with Crippen LogP contribution >= 0.6 is 11.3 Å². The van der Waals surface area contributed by atoms with Gasteiger partial charge < -0.3 is 10.1 Å². The molecule has 110 valence electrons. The van der Waals surface area contributed by atoms with Crippen molar-refractivity contribution < 1.29 is 4.74 Å². The molecule has 0 fully saturated rings. The van der Waals surface area contributed by atoms with E-state index in [4.69, 9.17) is 9.72 Å². The van der Waals surface area contributed by atoms with Crippen LogP contribution in [0, 0.1) is 5.92 Å². The highest BCUT2D eigenvalue weighted by Crippen LogP contribution is 2.34. The number of rotatable bonds is 8. The van der Waals surface area contributed by atoms with Gasteiger partial charge in [-0.05, 0) is 32.2 Å². The van der Waals surface area contributed by atoms with E-state index in [1.807, 2.05) is 0 Å². The molecule has 0 aliphatic rings. The lowest BCUT2D eigenvalue weighted by Crippen LogP contribution is -2.23. The van der Waals surface area contributed by atoms with Crippen molar-refractivity contribution in [2.45, 2.75) is 59.6 Å². The second kappa shape index (κ2) is 7.36. The van der Waals surface area contributed by atoms with E-state index in [0.29, 0.717) is 5.92 Å². The van der Waals surface area contributed by atoms with Crippen LogP contribution in [0.25, 0.3) is 0 Å². The van der Waals surface area contributed by atoms with Gasteiger partial charge in [0.05, 0.1) is 5.69 Å². The summed E-state index contributed by atoms with van der Waals surface area (Å²) in [5, 5.41) is 4.52. The van der Waals surface area contributed by atoms with Crippen molar-refractivity contribution in [1.82, 2.24) is 10.3 Å². The standard InChI is InChI=1S/C15H28N2OS/c1-7-15(5,18-6)14-17-12(9-11(3)4)13(19-14)10-16-8-2/h11,16H,7-10H2,1-6H3. The van der Waals surface area contributed by atoms with Crippen molar-refractivity contribution in [2.75, 3.05) is 13.7 Å². The molecule has 1 aromatic rings. The summed E-state index contributed by atoms with van der Waals surface area (Å²) < 4.78 is 5.68. The van der Waals surface area contributed by atoms with Crippen molar-refractivity contribution in [1.29, 1.82) is 0 Å². The van der Waals surface area contributed by atoms with E-state index in [9.17, 15) is 0 Å². The summed E-state index contributed by atoms with van der Waals surface area (Å²) in [7, 11) is 1.77. The normalized spacial score (nSPS) is 14.9. The second-order valence-electron chi connectivity index (χ2n) is 5.56. The second-order valence-corrected chi connectivity index (χ2v) is 6.64. The first kappa shape index (κ1) is 16.6. The zero-order valence-corrected chi connectivity index (χ0v) is 14.0. The molecule has 0 amide bonds. The predicted molar refractivity (Wildman–Crippen MR) is 82.7 cm³/mol. The van der Waals surface area contributed by atoms with Crippen molar-refractivity contribution in [2.24, 2.45) is 5.92 Å². The van der Waals surface area contributed by atoms with Gasteiger partial charge in [0, 0.05) is 18.5 Å². The first-order valence-corrected chi connectivity index (χ1v) is 8.03. The molecular formula is C15H28N2OS. The largest absolute Gasteiger partial charge is 0.371 e. The quantitative estimate of drug-likeness (QED) is 0.790. The van der Waals surface area contributed by atoms with Crippen LogP contribution in [0.1, 0.15) is 56.6 Å². The number of thiazole rings is 1. The molecule has 0 saturated heterocycles. The minimum atomic E-state index is -0.249. The molecule has 0 saturated carbocycles. The lowest BCUT2D eigenvalue weighted by atomic mass is 10.0. The maximum atomic E-state index is 5.68. The first-order valence-electron chi connectivity index (χ1n) is 7.21. The zero-order chi connectivity index (χ0) is 14.5. The van der Waals surface area contributed by atoms with E-state index >= 15 is 0 Å². The minimum Gasteiger partial charge on any atom is -0.371 e. The molecule has 1 aromatic heterocycles. The van der Waals surface area contributed by atoms with Crippen LogP contribution in [0.5, 0.6) is 0 Å². The molecule has 1 atom stereocenters. The van der Waals surface area contributed by atoms with Gasteiger partial charge in [-0.25, -0.2) is 4.98 Å². The molecule has 0 aromatic carbocycles. The summed E-state index contributed by atoms with van der Waals surface area (Å²) >= 11 is 1.80. The van der Waals surface area contributed by atoms with Crippen LogP contribution in [0.3, 0.4) is 0 Å². The minimum absolute atomic E-state index is 0.249. The maximum Gasteiger partial charge on any atom is 0.125 e. The lowest BCUT2D eigenvalue weighted by molar-refractivity contribution is -0.00168. The van der Waals surface area contributed by atoms with Gasteiger partial charge >= 0.3 is 0 Å². The van der Waals surface area contributed by atoms with Gasteiger partial charge in [0.2, 0.25) is 0 Å². The van der Waals surface area contributed by atoms with Gasteiger partial charge in [-0.3, -0.25) is 0 Å². The number of hydrogen-bond donors (Lipinski definition) is 1. The molecule has 1 heterocycles. The van der Waals surface area contributed by atoms with Crippen LogP contribution < -0.4 is 5.32 Å². The first-order chi connectivity index (χ1) is 8.96. The molecular weight excluding hydrogens is 256 g/mol. The van der Waals surface area contributed by atoms with E-state index in [2.05, 4.69) is 39.9 Å². The average molecular weight is 284 g/mol. The van der Waals surface area contributed by atoms with E-state index in [0.717, 1.165) is 30.9 Å².